The van der Waals surface area contributed by atoms with Crippen molar-refractivity contribution in [2.24, 2.45) is 5.41 Å². The van der Waals surface area contributed by atoms with Crippen LogP contribution >= 0.6 is 0 Å². The normalized spacial score (nSPS) is 18.3. The van der Waals surface area contributed by atoms with Crippen LogP contribution in [0.15, 0.2) is 36.4 Å². The number of fused-ring (bicyclic) bond motifs is 3. The Hall–Kier alpha value is -1.83. The fraction of sp³-hybridized carbons (Fsp3) is 0.421. The molecule has 2 aromatic rings. The fourth-order valence-electron chi connectivity index (χ4n) is 2.98. The molecule has 0 saturated carbocycles. The van der Waals surface area contributed by atoms with Crippen LogP contribution in [0.25, 0.3) is 10.8 Å². The Bertz CT molecular complexity index is 680. The van der Waals surface area contributed by atoms with Crippen LogP contribution in [-0.2, 0) is 16.0 Å². The summed E-state index contributed by atoms with van der Waals surface area (Å²) in [5.41, 5.74) is 2.10. The second kappa shape index (κ2) is 5.18. The van der Waals surface area contributed by atoms with Gasteiger partial charge in [-0.05, 0) is 61.9 Å². The van der Waals surface area contributed by atoms with Gasteiger partial charge in [-0.25, -0.2) is 0 Å². The van der Waals surface area contributed by atoms with Crippen molar-refractivity contribution in [3.8, 4) is 0 Å². The number of rotatable bonds is 1. The number of ether oxygens (including phenoxy) is 1. The van der Waals surface area contributed by atoms with Gasteiger partial charge < -0.3 is 4.74 Å². The molecule has 0 aliphatic heterocycles. The van der Waals surface area contributed by atoms with Crippen molar-refractivity contribution in [3.05, 3.63) is 47.5 Å². The number of esters is 1. The lowest BCUT2D eigenvalue weighted by molar-refractivity contribution is -0.159. The summed E-state index contributed by atoms with van der Waals surface area (Å²) in [4.78, 5) is 12.2. The summed E-state index contributed by atoms with van der Waals surface area (Å²) in [5.74, 6) is -0.117. The van der Waals surface area contributed by atoms with Crippen molar-refractivity contribution in [2.75, 3.05) is 0 Å². The maximum absolute atomic E-state index is 12.2. The molecule has 2 nitrogen and oxygen atoms in total. The highest BCUT2D eigenvalue weighted by molar-refractivity contribution is 5.87. The van der Waals surface area contributed by atoms with Crippen LogP contribution in [0.5, 0.6) is 0 Å². The highest BCUT2D eigenvalue weighted by atomic mass is 16.5. The Balaban J connectivity index is 1.99. The van der Waals surface area contributed by atoms with E-state index in [2.05, 4.69) is 36.4 Å². The van der Waals surface area contributed by atoms with E-state index in [4.69, 9.17) is 4.74 Å². The SMILES string of the molecule is CC(C)(C)C(=O)OC1CCCc2c1ccc1ccccc21. The van der Waals surface area contributed by atoms with Gasteiger partial charge in [0.1, 0.15) is 6.10 Å². The molecule has 0 saturated heterocycles. The Morgan fingerprint density at radius 3 is 2.67 bits per heavy atom. The Labute approximate surface area is 126 Å². The molecule has 1 aliphatic carbocycles. The average molecular weight is 282 g/mol. The molecule has 21 heavy (non-hydrogen) atoms. The molecule has 2 aromatic carbocycles. The third kappa shape index (κ3) is 2.67. The van der Waals surface area contributed by atoms with E-state index in [-0.39, 0.29) is 12.1 Å². The van der Waals surface area contributed by atoms with Crippen LogP contribution in [0.1, 0.15) is 50.8 Å². The van der Waals surface area contributed by atoms with Gasteiger partial charge in [0.05, 0.1) is 5.41 Å². The first-order valence-corrected chi connectivity index (χ1v) is 7.68. The monoisotopic (exact) mass is 282 g/mol. The number of carbonyl (C=O) groups excluding carboxylic acids is 1. The molecular formula is C19H22O2. The molecule has 0 heterocycles. The van der Waals surface area contributed by atoms with Gasteiger partial charge in [0, 0.05) is 0 Å². The van der Waals surface area contributed by atoms with Gasteiger partial charge in [0.25, 0.3) is 0 Å². The highest BCUT2D eigenvalue weighted by Gasteiger charge is 2.30. The van der Waals surface area contributed by atoms with E-state index in [1.54, 1.807) is 0 Å². The Morgan fingerprint density at radius 2 is 1.90 bits per heavy atom. The molecule has 0 radical (unpaired) electrons. The van der Waals surface area contributed by atoms with Gasteiger partial charge in [0.15, 0.2) is 0 Å². The van der Waals surface area contributed by atoms with Crippen molar-refractivity contribution in [1.29, 1.82) is 0 Å². The zero-order valence-electron chi connectivity index (χ0n) is 13.0. The van der Waals surface area contributed by atoms with E-state index in [1.807, 2.05) is 20.8 Å². The van der Waals surface area contributed by atoms with E-state index >= 15 is 0 Å². The van der Waals surface area contributed by atoms with Gasteiger partial charge in [0.2, 0.25) is 0 Å². The molecule has 0 spiro atoms. The molecule has 0 amide bonds. The largest absolute Gasteiger partial charge is 0.457 e. The maximum atomic E-state index is 12.2. The number of carbonyl (C=O) groups is 1. The smallest absolute Gasteiger partial charge is 0.311 e. The summed E-state index contributed by atoms with van der Waals surface area (Å²) in [5, 5.41) is 2.56. The summed E-state index contributed by atoms with van der Waals surface area (Å²) in [6, 6.07) is 12.7. The van der Waals surface area contributed by atoms with Gasteiger partial charge in [-0.1, -0.05) is 36.4 Å². The van der Waals surface area contributed by atoms with Crippen molar-refractivity contribution in [1.82, 2.24) is 0 Å². The lowest BCUT2D eigenvalue weighted by Crippen LogP contribution is -2.26. The molecule has 1 unspecified atom stereocenters. The third-order valence-electron chi connectivity index (χ3n) is 4.18. The molecule has 0 fully saturated rings. The summed E-state index contributed by atoms with van der Waals surface area (Å²) in [7, 11) is 0. The number of hydrogen-bond acceptors (Lipinski definition) is 2. The van der Waals surface area contributed by atoms with Crippen molar-refractivity contribution >= 4 is 16.7 Å². The highest BCUT2D eigenvalue weighted by Crippen LogP contribution is 2.37. The van der Waals surface area contributed by atoms with E-state index in [0.717, 1.165) is 19.3 Å². The van der Waals surface area contributed by atoms with Crippen LogP contribution in [0.4, 0.5) is 0 Å². The molecule has 3 rings (SSSR count). The van der Waals surface area contributed by atoms with Gasteiger partial charge >= 0.3 is 5.97 Å². The van der Waals surface area contributed by atoms with Crippen molar-refractivity contribution in [3.63, 3.8) is 0 Å². The quantitative estimate of drug-likeness (QED) is 0.702. The molecule has 1 aliphatic rings. The lowest BCUT2D eigenvalue weighted by Gasteiger charge is -2.29. The Morgan fingerprint density at radius 1 is 1.14 bits per heavy atom. The minimum atomic E-state index is -0.450. The number of benzene rings is 2. The average Bonchev–Trinajstić information content (AvgIpc) is 2.46. The van der Waals surface area contributed by atoms with Crippen LogP contribution < -0.4 is 0 Å². The molecule has 0 bridgehead atoms. The van der Waals surface area contributed by atoms with E-state index in [1.165, 1.54) is 21.9 Å². The number of hydrogen-bond donors (Lipinski definition) is 0. The molecule has 110 valence electrons. The van der Waals surface area contributed by atoms with Crippen LogP contribution in [-0.4, -0.2) is 5.97 Å². The van der Waals surface area contributed by atoms with Gasteiger partial charge in [-0.15, -0.1) is 0 Å². The molecule has 1 atom stereocenters. The first-order chi connectivity index (χ1) is 9.97. The van der Waals surface area contributed by atoms with Crippen LogP contribution in [0.3, 0.4) is 0 Å². The number of aryl methyl sites for hydroxylation is 1. The third-order valence-corrected chi connectivity index (χ3v) is 4.18. The lowest BCUT2D eigenvalue weighted by atomic mass is 9.85. The zero-order valence-corrected chi connectivity index (χ0v) is 13.0. The predicted octanol–water partition coefficient (Wildman–Crippen LogP) is 4.81. The summed E-state index contributed by atoms with van der Waals surface area (Å²) in [6.07, 6.45) is 2.97. The first-order valence-electron chi connectivity index (χ1n) is 7.68. The van der Waals surface area contributed by atoms with Gasteiger partial charge in [-0.3, -0.25) is 4.79 Å². The Kier molecular flexibility index (Phi) is 3.48. The molecular weight excluding hydrogens is 260 g/mol. The summed E-state index contributed by atoms with van der Waals surface area (Å²) in [6.45, 7) is 5.71. The first kappa shape index (κ1) is 14.1. The van der Waals surface area contributed by atoms with Gasteiger partial charge in [-0.2, -0.15) is 0 Å². The molecule has 0 aromatic heterocycles. The van der Waals surface area contributed by atoms with Crippen LogP contribution in [0, 0.1) is 5.41 Å². The van der Waals surface area contributed by atoms with Crippen molar-refractivity contribution in [2.45, 2.75) is 46.1 Å². The summed E-state index contributed by atoms with van der Waals surface area (Å²) >= 11 is 0. The van der Waals surface area contributed by atoms with E-state index < -0.39 is 5.41 Å². The minimum Gasteiger partial charge on any atom is -0.457 e. The van der Waals surface area contributed by atoms with E-state index in [9.17, 15) is 4.79 Å². The predicted molar refractivity (Wildman–Crippen MR) is 85.2 cm³/mol. The fourth-order valence-corrected chi connectivity index (χ4v) is 2.98. The van der Waals surface area contributed by atoms with Crippen molar-refractivity contribution < 1.29 is 9.53 Å². The summed E-state index contributed by atoms with van der Waals surface area (Å²) < 4.78 is 5.79. The standard InChI is InChI=1S/C19H22O2/c1-19(2,3)18(20)21-17-10-6-9-15-14-8-5-4-7-13(14)11-12-16(15)17/h4-5,7-8,11-12,17H,6,9-10H2,1-3H3. The second-order valence-corrected chi connectivity index (χ2v) is 6.89. The second-order valence-electron chi connectivity index (χ2n) is 6.89. The maximum Gasteiger partial charge on any atom is 0.311 e. The van der Waals surface area contributed by atoms with Crippen LogP contribution in [0.2, 0.25) is 0 Å². The molecule has 0 N–H and O–H groups in total. The molecule has 2 heteroatoms. The zero-order chi connectivity index (χ0) is 15.0. The minimum absolute atomic E-state index is 0.0925. The topological polar surface area (TPSA) is 26.3 Å². The van der Waals surface area contributed by atoms with E-state index in [0.29, 0.717) is 0 Å².